The molecule has 4 nitrogen and oxygen atoms in total. The Kier molecular flexibility index (Phi) is 9.24. The minimum absolute atomic E-state index is 0.306. The van der Waals surface area contributed by atoms with Crippen molar-refractivity contribution >= 4 is 18.0 Å². The summed E-state index contributed by atoms with van der Waals surface area (Å²) in [6.45, 7) is 12.5. The van der Waals surface area contributed by atoms with Crippen LogP contribution in [0.4, 0.5) is 0 Å². The van der Waals surface area contributed by atoms with Crippen molar-refractivity contribution in [3.63, 3.8) is 0 Å². The number of unbranched alkanes of at least 4 members (excludes halogenated alkanes) is 1. The van der Waals surface area contributed by atoms with Gasteiger partial charge in [0.05, 0.1) is 5.25 Å². The molecule has 1 unspecified atom stereocenters. The molecule has 0 bridgehead atoms. The molecule has 1 aliphatic heterocycles. The molecule has 2 N–H and O–H groups in total. The van der Waals surface area contributed by atoms with Gasteiger partial charge in [-0.05, 0) is 55.0 Å². The first-order valence-corrected chi connectivity index (χ1v) is 13.2. The standard InChI is InChI=1S/C25H42N4S/c1-4-6-12-29(13-11-27-17-24(16-26)30-3)23-14-25(15-23)19-28(20-25)18-22-9-7-21(5-2)8-10-22/h7-10,16,23-24,26-27H,4-6,11-15,17-20H2,1-3H3. The molecule has 1 aromatic rings. The van der Waals surface area contributed by atoms with E-state index < -0.39 is 0 Å². The SMILES string of the molecule is CCCCN(CCNCC(C=N)SC)C1CC2(C1)CN(Cc1ccc(CC)cc1)C2. The highest BCUT2D eigenvalue weighted by molar-refractivity contribution is 7.99. The predicted octanol–water partition coefficient (Wildman–Crippen LogP) is 4.29. The van der Waals surface area contributed by atoms with Gasteiger partial charge in [-0.3, -0.25) is 9.80 Å². The molecule has 1 spiro atoms. The fraction of sp³-hybridized carbons (Fsp3) is 0.720. The van der Waals surface area contributed by atoms with Crippen molar-refractivity contribution in [1.82, 2.24) is 15.1 Å². The number of rotatable bonds is 14. The predicted molar refractivity (Wildman–Crippen MR) is 132 cm³/mol. The third-order valence-corrected chi connectivity index (χ3v) is 7.93. The highest BCUT2D eigenvalue weighted by Crippen LogP contribution is 2.50. The Hall–Kier alpha value is -0.880. The molecule has 1 saturated heterocycles. The molecule has 0 aromatic heterocycles. The minimum Gasteiger partial charge on any atom is -0.314 e. The molecule has 1 atom stereocenters. The summed E-state index contributed by atoms with van der Waals surface area (Å²) in [6.07, 6.45) is 10.1. The number of hydrogen-bond donors (Lipinski definition) is 2. The highest BCUT2D eigenvalue weighted by Gasteiger charge is 2.53. The van der Waals surface area contributed by atoms with Crippen LogP contribution in [0.15, 0.2) is 24.3 Å². The maximum atomic E-state index is 7.45. The molecule has 168 valence electrons. The van der Waals surface area contributed by atoms with Gasteiger partial charge in [-0.1, -0.05) is 44.5 Å². The first-order valence-electron chi connectivity index (χ1n) is 11.9. The van der Waals surface area contributed by atoms with Gasteiger partial charge >= 0.3 is 0 Å². The monoisotopic (exact) mass is 430 g/mol. The molecular formula is C25H42N4S. The van der Waals surface area contributed by atoms with Crippen molar-refractivity contribution < 1.29 is 0 Å². The summed E-state index contributed by atoms with van der Waals surface area (Å²) >= 11 is 1.75. The zero-order valence-electron chi connectivity index (χ0n) is 19.3. The molecule has 0 amide bonds. The number of aryl methyl sites for hydroxylation is 1. The Bertz CT molecular complexity index is 633. The van der Waals surface area contributed by atoms with Gasteiger partial charge in [0, 0.05) is 51.5 Å². The first kappa shape index (κ1) is 23.8. The number of nitrogens with one attached hydrogen (secondary N) is 2. The van der Waals surface area contributed by atoms with E-state index in [0.29, 0.717) is 10.7 Å². The number of hydrogen-bond acceptors (Lipinski definition) is 5. The van der Waals surface area contributed by atoms with Crippen LogP contribution in [0.3, 0.4) is 0 Å². The maximum absolute atomic E-state index is 7.45. The van der Waals surface area contributed by atoms with Gasteiger partial charge in [0.1, 0.15) is 0 Å². The molecule has 0 radical (unpaired) electrons. The van der Waals surface area contributed by atoms with Gasteiger partial charge < -0.3 is 10.7 Å². The molecule has 5 heteroatoms. The zero-order chi connectivity index (χ0) is 21.4. The van der Waals surface area contributed by atoms with E-state index in [1.165, 1.54) is 56.4 Å². The lowest BCUT2D eigenvalue weighted by Gasteiger charge is -2.61. The molecule has 2 aliphatic rings. The van der Waals surface area contributed by atoms with Gasteiger partial charge in [-0.15, -0.1) is 0 Å². The summed E-state index contributed by atoms with van der Waals surface area (Å²) in [7, 11) is 0. The van der Waals surface area contributed by atoms with E-state index in [4.69, 9.17) is 5.41 Å². The van der Waals surface area contributed by atoms with Crippen LogP contribution >= 0.6 is 11.8 Å². The summed E-state index contributed by atoms with van der Waals surface area (Å²) in [5, 5.41) is 11.3. The molecule has 30 heavy (non-hydrogen) atoms. The Morgan fingerprint density at radius 2 is 1.90 bits per heavy atom. The molecule has 1 saturated carbocycles. The van der Waals surface area contributed by atoms with Gasteiger partial charge in [0.2, 0.25) is 0 Å². The lowest BCUT2D eigenvalue weighted by molar-refractivity contribution is -0.112. The van der Waals surface area contributed by atoms with E-state index in [1.54, 1.807) is 18.0 Å². The molecule has 1 aromatic carbocycles. The summed E-state index contributed by atoms with van der Waals surface area (Å²) in [5.74, 6) is 0. The normalized spacial score (nSPS) is 19.6. The minimum atomic E-state index is 0.306. The third-order valence-electron chi connectivity index (χ3n) is 7.02. The molecular weight excluding hydrogens is 388 g/mol. The maximum Gasteiger partial charge on any atom is 0.0515 e. The van der Waals surface area contributed by atoms with E-state index in [0.717, 1.165) is 38.6 Å². The van der Waals surface area contributed by atoms with Crippen LogP contribution in [-0.2, 0) is 13.0 Å². The van der Waals surface area contributed by atoms with Crippen LogP contribution in [-0.4, -0.2) is 72.8 Å². The van der Waals surface area contributed by atoms with Gasteiger partial charge in [0.15, 0.2) is 0 Å². The highest BCUT2D eigenvalue weighted by atomic mass is 32.2. The second kappa shape index (κ2) is 11.7. The average molecular weight is 431 g/mol. The second-order valence-electron chi connectivity index (χ2n) is 9.41. The third kappa shape index (κ3) is 6.32. The van der Waals surface area contributed by atoms with Gasteiger partial charge in [-0.2, -0.15) is 11.8 Å². The van der Waals surface area contributed by atoms with E-state index >= 15 is 0 Å². The lowest BCUT2D eigenvalue weighted by Crippen LogP contribution is -2.66. The first-order chi connectivity index (χ1) is 14.6. The summed E-state index contributed by atoms with van der Waals surface area (Å²) in [5.41, 5.74) is 3.50. The number of likely N-dealkylation sites (tertiary alicyclic amines) is 1. The van der Waals surface area contributed by atoms with Crippen molar-refractivity contribution in [3.05, 3.63) is 35.4 Å². The number of nitrogens with zero attached hydrogens (tertiary/aromatic N) is 2. The largest absolute Gasteiger partial charge is 0.314 e. The fourth-order valence-electron chi connectivity index (χ4n) is 5.12. The van der Waals surface area contributed by atoms with E-state index in [2.05, 4.69) is 59.5 Å². The zero-order valence-corrected chi connectivity index (χ0v) is 20.1. The average Bonchev–Trinajstić information content (AvgIpc) is 2.72. The van der Waals surface area contributed by atoms with E-state index in [-0.39, 0.29) is 0 Å². The fourth-order valence-corrected chi connectivity index (χ4v) is 5.55. The topological polar surface area (TPSA) is 42.4 Å². The number of benzene rings is 1. The Morgan fingerprint density at radius 1 is 1.20 bits per heavy atom. The summed E-state index contributed by atoms with van der Waals surface area (Å²) in [4.78, 5) is 5.38. The lowest BCUT2D eigenvalue weighted by atomic mass is 9.60. The van der Waals surface area contributed by atoms with Crippen molar-refractivity contribution in [3.8, 4) is 0 Å². The Morgan fingerprint density at radius 3 is 2.50 bits per heavy atom. The number of thioether (sulfide) groups is 1. The van der Waals surface area contributed by atoms with E-state index in [1.807, 2.05) is 0 Å². The van der Waals surface area contributed by atoms with Crippen LogP contribution in [0.25, 0.3) is 0 Å². The van der Waals surface area contributed by atoms with Crippen molar-refractivity contribution in [2.24, 2.45) is 5.41 Å². The van der Waals surface area contributed by atoms with Crippen LogP contribution in [0, 0.1) is 10.8 Å². The van der Waals surface area contributed by atoms with Crippen LogP contribution < -0.4 is 5.32 Å². The summed E-state index contributed by atoms with van der Waals surface area (Å²) in [6, 6.07) is 9.98. The van der Waals surface area contributed by atoms with E-state index in [9.17, 15) is 0 Å². The van der Waals surface area contributed by atoms with Crippen molar-refractivity contribution in [2.75, 3.05) is 45.5 Å². The molecule has 1 aliphatic carbocycles. The van der Waals surface area contributed by atoms with Crippen LogP contribution in [0.5, 0.6) is 0 Å². The van der Waals surface area contributed by atoms with Gasteiger partial charge in [0.25, 0.3) is 0 Å². The second-order valence-corrected chi connectivity index (χ2v) is 10.5. The molecule has 3 rings (SSSR count). The smallest absolute Gasteiger partial charge is 0.0515 e. The quantitative estimate of drug-likeness (QED) is 0.341. The van der Waals surface area contributed by atoms with Gasteiger partial charge in [-0.25, -0.2) is 0 Å². The van der Waals surface area contributed by atoms with Crippen LogP contribution in [0.1, 0.15) is 50.7 Å². The van der Waals surface area contributed by atoms with Crippen LogP contribution in [0.2, 0.25) is 0 Å². The Balaban J connectivity index is 1.38. The van der Waals surface area contributed by atoms with Crippen molar-refractivity contribution in [1.29, 1.82) is 5.41 Å². The van der Waals surface area contributed by atoms with Crippen molar-refractivity contribution in [2.45, 2.75) is 63.8 Å². The Labute approximate surface area is 188 Å². The summed E-state index contributed by atoms with van der Waals surface area (Å²) < 4.78 is 0. The molecule has 2 fully saturated rings. The molecule has 1 heterocycles.